The van der Waals surface area contributed by atoms with Crippen LogP contribution in [-0.4, -0.2) is 47.4 Å². The molecule has 0 aromatic rings. The number of carbonyl (C=O) groups excluding carboxylic acids is 2. The summed E-state index contributed by atoms with van der Waals surface area (Å²) in [5.74, 6) is -0.0956. The predicted molar refractivity (Wildman–Crippen MR) is 223 cm³/mol. The van der Waals surface area contributed by atoms with Crippen molar-refractivity contribution >= 4 is 11.9 Å². The first-order chi connectivity index (χ1) is 25.5. The van der Waals surface area contributed by atoms with E-state index in [0.29, 0.717) is 25.9 Å². The van der Waals surface area contributed by atoms with Gasteiger partial charge in [-0.15, -0.1) is 0 Å². The molecule has 3 N–H and O–H groups in total. The second-order valence-electron chi connectivity index (χ2n) is 15.7. The molecular formula is C46H89NO5. The van der Waals surface area contributed by atoms with Gasteiger partial charge in [0.1, 0.15) is 0 Å². The Morgan fingerprint density at radius 1 is 0.519 bits per heavy atom. The third kappa shape index (κ3) is 38.3. The summed E-state index contributed by atoms with van der Waals surface area (Å²) in [4.78, 5) is 24.3. The highest BCUT2D eigenvalue weighted by atomic mass is 16.5. The summed E-state index contributed by atoms with van der Waals surface area (Å²) in [6, 6.07) is -0.559. The Bertz CT molecular complexity index is 772. The van der Waals surface area contributed by atoms with Crippen LogP contribution in [0.3, 0.4) is 0 Å². The van der Waals surface area contributed by atoms with Crippen LogP contribution in [0.1, 0.15) is 245 Å². The van der Waals surface area contributed by atoms with E-state index in [0.717, 1.165) is 83.5 Å². The van der Waals surface area contributed by atoms with Crippen LogP contribution >= 0.6 is 0 Å². The third-order valence-electron chi connectivity index (χ3n) is 10.6. The van der Waals surface area contributed by atoms with Crippen LogP contribution in [0.25, 0.3) is 0 Å². The number of nitrogens with one attached hydrogen (secondary N) is 1. The van der Waals surface area contributed by atoms with Crippen molar-refractivity contribution in [3.63, 3.8) is 0 Å². The Kier molecular flexibility index (Phi) is 41.2. The fraction of sp³-hybridized carbons (Fsp3) is 0.913. The molecule has 0 fully saturated rings. The first kappa shape index (κ1) is 50.6. The van der Waals surface area contributed by atoms with E-state index < -0.39 is 12.1 Å². The first-order valence-corrected chi connectivity index (χ1v) is 22.9. The highest BCUT2D eigenvalue weighted by Crippen LogP contribution is 2.15. The lowest BCUT2D eigenvalue weighted by atomic mass is 10.0. The molecule has 0 heterocycles. The molecule has 1 amide bonds. The average molecular weight is 736 g/mol. The summed E-state index contributed by atoms with van der Waals surface area (Å²) in [6.07, 6.45) is 45.9. The minimum absolute atomic E-state index is 0.0309. The van der Waals surface area contributed by atoms with Crippen molar-refractivity contribution < 1.29 is 24.5 Å². The highest BCUT2D eigenvalue weighted by molar-refractivity contribution is 5.76. The Hall–Kier alpha value is -1.40. The maximum atomic E-state index is 12.4. The van der Waals surface area contributed by atoms with Gasteiger partial charge in [0.15, 0.2) is 0 Å². The molecule has 0 aliphatic heterocycles. The second-order valence-corrected chi connectivity index (χ2v) is 15.7. The van der Waals surface area contributed by atoms with Gasteiger partial charge in [-0.25, -0.2) is 0 Å². The zero-order valence-corrected chi connectivity index (χ0v) is 34.8. The number of esters is 1. The van der Waals surface area contributed by atoms with E-state index in [1.807, 2.05) is 0 Å². The van der Waals surface area contributed by atoms with E-state index in [4.69, 9.17) is 4.74 Å². The molecule has 0 bridgehead atoms. The van der Waals surface area contributed by atoms with Crippen LogP contribution < -0.4 is 5.32 Å². The average Bonchev–Trinajstić information content (AvgIpc) is 3.14. The molecule has 0 rings (SSSR count). The first-order valence-electron chi connectivity index (χ1n) is 22.9. The van der Waals surface area contributed by atoms with Gasteiger partial charge in [0.25, 0.3) is 0 Å². The number of aliphatic hydroxyl groups is 2. The lowest BCUT2D eigenvalue weighted by Crippen LogP contribution is -2.45. The van der Waals surface area contributed by atoms with Crippen molar-refractivity contribution in [2.24, 2.45) is 0 Å². The van der Waals surface area contributed by atoms with Gasteiger partial charge in [0.2, 0.25) is 5.91 Å². The van der Waals surface area contributed by atoms with Gasteiger partial charge in [-0.05, 0) is 51.4 Å². The number of hydrogen-bond donors (Lipinski definition) is 3. The zero-order valence-electron chi connectivity index (χ0n) is 34.8. The van der Waals surface area contributed by atoms with Crippen LogP contribution in [0, 0.1) is 0 Å². The molecule has 0 saturated carbocycles. The van der Waals surface area contributed by atoms with Crippen LogP contribution in [0.2, 0.25) is 0 Å². The summed E-state index contributed by atoms with van der Waals surface area (Å²) in [5, 5.41) is 23.1. The molecule has 0 aromatic heterocycles. The quantitative estimate of drug-likeness (QED) is 0.0329. The summed E-state index contributed by atoms with van der Waals surface area (Å²) >= 11 is 0. The SMILES string of the molecule is CCCCCCCCCCCCCCC(=O)OCCCC/C=C\CCCCCCCC(=O)NC(CO)C(O)CCCCCCCCCCCCCC. The van der Waals surface area contributed by atoms with Crippen LogP contribution in [0.5, 0.6) is 0 Å². The molecule has 0 aliphatic rings. The van der Waals surface area contributed by atoms with E-state index in [1.54, 1.807) is 0 Å². The molecule has 6 nitrogen and oxygen atoms in total. The van der Waals surface area contributed by atoms with Gasteiger partial charge in [-0.3, -0.25) is 9.59 Å². The van der Waals surface area contributed by atoms with Crippen LogP contribution in [-0.2, 0) is 14.3 Å². The maximum Gasteiger partial charge on any atom is 0.305 e. The fourth-order valence-corrected chi connectivity index (χ4v) is 6.98. The van der Waals surface area contributed by atoms with Crippen molar-refractivity contribution in [3.8, 4) is 0 Å². The van der Waals surface area contributed by atoms with Crippen molar-refractivity contribution in [1.29, 1.82) is 0 Å². The molecule has 0 saturated heterocycles. The van der Waals surface area contributed by atoms with Gasteiger partial charge in [-0.1, -0.05) is 193 Å². The standard InChI is InChI=1S/C46H89NO5/c1-3-5-7-9-11-13-15-18-22-26-30-34-38-44(49)43(42-48)47-45(50)39-35-31-27-23-19-17-21-25-29-33-37-41-52-46(51)40-36-32-28-24-20-16-14-12-10-8-6-4-2/h21,25,43-44,48-49H,3-20,22-24,26-42H2,1-2H3,(H,47,50)/b25-21-. The smallest absolute Gasteiger partial charge is 0.305 e. The number of ether oxygens (including phenoxy) is 1. The van der Waals surface area contributed by atoms with Crippen molar-refractivity contribution in [2.45, 2.75) is 257 Å². The predicted octanol–water partition coefficient (Wildman–Crippen LogP) is 13.0. The molecule has 0 aliphatic carbocycles. The van der Waals surface area contributed by atoms with Crippen molar-refractivity contribution in [1.82, 2.24) is 5.32 Å². The molecule has 2 atom stereocenters. The van der Waals surface area contributed by atoms with E-state index in [-0.39, 0.29) is 18.5 Å². The minimum atomic E-state index is -0.679. The lowest BCUT2D eigenvalue weighted by Gasteiger charge is -2.22. The van der Waals surface area contributed by atoms with Gasteiger partial charge in [0.05, 0.1) is 25.4 Å². The van der Waals surface area contributed by atoms with Crippen LogP contribution in [0.4, 0.5) is 0 Å². The monoisotopic (exact) mass is 736 g/mol. The molecule has 6 heteroatoms. The Morgan fingerprint density at radius 2 is 0.904 bits per heavy atom. The summed E-state index contributed by atoms with van der Waals surface area (Å²) < 4.78 is 5.42. The normalized spacial score (nSPS) is 12.8. The van der Waals surface area contributed by atoms with Crippen molar-refractivity contribution in [2.75, 3.05) is 13.2 Å². The number of allylic oxidation sites excluding steroid dienone is 2. The Morgan fingerprint density at radius 3 is 1.37 bits per heavy atom. The number of unbranched alkanes of at least 4 members (excludes halogenated alkanes) is 29. The molecule has 0 aromatic carbocycles. The van der Waals surface area contributed by atoms with Crippen molar-refractivity contribution in [3.05, 3.63) is 12.2 Å². The number of aliphatic hydroxyl groups excluding tert-OH is 2. The van der Waals surface area contributed by atoms with E-state index in [9.17, 15) is 19.8 Å². The topological polar surface area (TPSA) is 95.9 Å². The number of amides is 1. The van der Waals surface area contributed by atoms with E-state index in [2.05, 4.69) is 31.3 Å². The third-order valence-corrected chi connectivity index (χ3v) is 10.6. The van der Waals surface area contributed by atoms with Gasteiger partial charge < -0.3 is 20.3 Å². The Labute approximate surface area is 323 Å². The minimum Gasteiger partial charge on any atom is -0.466 e. The molecule has 308 valence electrons. The van der Waals surface area contributed by atoms with Crippen LogP contribution in [0.15, 0.2) is 12.2 Å². The highest BCUT2D eigenvalue weighted by Gasteiger charge is 2.20. The molecule has 2 unspecified atom stereocenters. The summed E-state index contributed by atoms with van der Waals surface area (Å²) in [5.41, 5.74) is 0. The van der Waals surface area contributed by atoms with Gasteiger partial charge in [-0.2, -0.15) is 0 Å². The van der Waals surface area contributed by atoms with E-state index >= 15 is 0 Å². The van der Waals surface area contributed by atoms with Gasteiger partial charge >= 0.3 is 5.97 Å². The number of rotatable bonds is 42. The summed E-state index contributed by atoms with van der Waals surface area (Å²) in [6.45, 7) is 4.86. The zero-order chi connectivity index (χ0) is 38.0. The molecule has 0 spiro atoms. The summed E-state index contributed by atoms with van der Waals surface area (Å²) in [7, 11) is 0. The molecule has 0 radical (unpaired) electrons. The maximum absolute atomic E-state index is 12.4. The molecule has 52 heavy (non-hydrogen) atoms. The van der Waals surface area contributed by atoms with E-state index in [1.165, 1.54) is 128 Å². The largest absolute Gasteiger partial charge is 0.466 e. The number of carbonyl (C=O) groups is 2. The lowest BCUT2D eigenvalue weighted by molar-refractivity contribution is -0.143. The fourth-order valence-electron chi connectivity index (χ4n) is 6.98. The number of hydrogen-bond acceptors (Lipinski definition) is 5. The van der Waals surface area contributed by atoms with Gasteiger partial charge in [0, 0.05) is 12.8 Å². The molecular weight excluding hydrogens is 647 g/mol. The second kappa shape index (κ2) is 42.3. The Balaban J connectivity index is 3.52.